The molecule has 0 aromatic heterocycles. The van der Waals surface area contributed by atoms with Crippen LogP contribution < -0.4 is 5.73 Å². The van der Waals surface area contributed by atoms with Gasteiger partial charge in [-0.2, -0.15) is 0 Å². The first kappa shape index (κ1) is 14.5. The number of nitrogens with two attached hydrogens (primary N) is 1. The Morgan fingerprint density at radius 1 is 1.35 bits per heavy atom. The second-order valence-corrected chi connectivity index (χ2v) is 5.44. The van der Waals surface area contributed by atoms with Crippen molar-refractivity contribution >= 4 is 11.9 Å². The van der Waals surface area contributed by atoms with Gasteiger partial charge in [-0.15, -0.1) is 0 Å². The second-order valence-electron chi connectivity index (χ2n) is 5.44. The zero-order chi connectivity index (χ0) is 14.7. The number of carboxylic acids is 1. The van der Waals surface area contributed by atoms with Gasteiger partial charge in [0.2, 0.25) is 5.91 Å². The maximum Gasteiger partial charge on any atom is 0.308 e. The maximum atomic E-state index is 12.2. The molecule has 1 aliphatic heterocycles. The van der Waals surface area contributed by atoms with Crippen LogP contribution in [0, 0.1) is 11.8 Å². The summed E-state index contributed by atoms with van der Waals surface area (Å²) in [5.74, 6) is -1.38. The minimum atomic E-state index is -0.833. The Hall–Kier alpha value is -1.88. The summed E-state index contributed by atoms with van der Waals surface area (Å²) in [6.45, 7) is 2.65. The summed E-state index contributed by atoms with van der Waals surface area (Å²) in [5, 5.41) is 9.08. The van der Waals surface area contributed by atoms with E-state index in [1.165, 1.54) is 0 Å². The summed E-state index contributed by atoms with van der Waals surface area (Å²) in [6.07, 6.45) is 0.211. The lowest BCUT2D eigenvalue weighted by Gasteiger charge is -2.19. The molecule has 0 bridgehead atoms. The fraction of sp³-hybridized carbons (Fsp3) is 0.467. The number of carbonyl (C=O) groups excluding carboxylic acids is 1. The van der Waals surface area contributed by atoms with Crippen molar-refractivity contribution in [2.24, 2.45) is 17.6 Å². The highest BCUT2D eigenvalue weighted by Crippen LogP contribution is 2.25. The number of nitrogens with zero attached hydrogens (tertiary/aromatic N) is 1. The van der Waals surface area contributed by atoms with Crippen LogP contribution in [0.3, 0.4) is 0 Å². The molecular formula is C15H20N2O3. The van der Waals surface area contributed by atoms with Crippen LogP contribution in [0.1, 0.15) is 24.9 Å². The standard InChI is InChI=1S/C15H20N2O3/c1-10-8-17(9-12(10)15(19)20)14(18)7-13(16)11-5-3-2-4-6-11/h2-6,10,12-13H,7-9,16H2,1H3,(H,19,20)/t10-,12-,13?/m1/s1. The van der Waals surface area contributed by atoms with Crippen LogP contribution in [-0.4, -0.2) is 35.0 Å². The molecule has 5 nitrogen and oxygen atoms in total. The van der Waals surface area contributed by atoms with E-state index in [0.29, 0.717) is 6.54 Å². The molecule has 0 aliphatic carbocycles. The molecule has 0 saturated carbocycles. The van der Waals surface area contributed by atoms with Gasteiger partial charge < -0.3 is 15.7 Å². The minimum Gasteiger partial charge on any atom is -0.481 e. The van der Waals surface area contributed by atoms with Gasteiger partial charge in [0.25, 0.3) is 0 Å². The van der Waals surface area contributed by atoms with Crippen molar-refractivity contribution in [2.75, 3.05) is 13.1 Å². The van der Waals surface area contributed by atoms with Gasteiger partial charge in [0.1, 0.15) is 0 Å². The first-order valence-corrected chi connectivity index (χ1v) is 6.80. The molecule has 20 heavy (non-hydrogen) atoms. The Morgan fingerprint density at radius 2 is 2.00 bits per heavy atom. The zero-order valence-corrected chi connectivity index (χ0v) is 11.5. The van der Waals surface area contributed by atoms with Crippen LogP contribution in [0.15, 0.2) is 30.3 Å². The highest BCUT2D eigenvalue weighted by atomic mass is 16.4. The number of hydrogen-bond acceptors (Lipinski definition) is 3. The number of likely N-dealkylation sites (tertiary alicyclic amines) is 1. The van der Waals surface area contributed by atoms with Crippen LogP contribution in [0.5, 0.6) is 0 Å². The lowest BCUT2D eigenvalue weighted by atomic mass is 9.99. The van der Waals surface area contributed by atoms with Gasteiger partial charge in [0.15, 0.2) is 0 Å². The molecule has 2 rings (SSSR count). The van der Waals surface area contributed by atoms with Crippen molar-refractivity contribution in [1.29, 1.82) is 0 Å². The van der Waals surface area contributed by atoms with Crippen LogP contribution in [0.2, 0.25) is 0 Å². The molecule has 108 valence electrons. The van der Waals surface area contributed by atoms with Crippen LogP contribution in [-0.2, 0) is 9.59 Å². The lowest BCUT2D eigenvalue weighted by molar-refractivity contribution is -0.142. The van der Waals surface area contributed by atoms with Crippen molar-refractivity contribution in [3.8, 4) is 0 Å². The third-order valence-corrected chi connectivity index (χ3v) is 3.90. The van der Waals surface area contributed by atoms with Crippen molar-refractivity contribution in [3.05, 3.63) is 35.9 Å². The van der Waals surface area contributed by atoms with Crippen LogP contribution in [0.4, 0.5) is 0 Å². The Kier molecular flexibility index (Phi) is 4.39. The molecule has 1 fully saturated rings. The first-order chi connectivity index (χ1) is 9.49. The molecule has 0 radical (unpaired) electrons. The first-order valence-electron chi connectivity index (χ1n) is 6.80. The van der Waals surface area contributed by atoms with Gasteiger partial charge in [0, 0.05) is 25.6 Å². The summed E-state index contributed by atoms with van der Waals surface area (Å²) in [7, 11) is 0. The number of rotatable bonds is 4. The molecule has 1 amide bonds. The fourth-order valence-electron chi connectivity index (χ4n) is 2.63. The second kappa shape index (κ2) is 6.05. The predicted octanol–water partition coefficient (Wildman–Crippen LogP) is 1.26. The van der Waals surface area contributed by atoms with E-state index < -0.39 is 11.9 Å². The summed E-state index contributed by atoms with van der Waals surface area (Å²) in [4.78, 5) is 24.9. The van der Waals surface area contributed by atoms with E-state index in [9.17, 15) is 9.59 Å². The number of carbonyl (C=O) groups is 2. The van der Waals surface area contributed by atoms with Crippen molar-refractivity contribution in [1.82, 2.24) is 4.90 Å². The Morgan fingerprint density at radius 3 is 2.55 bits per heavy atom. The molecule has 1 unspecified atom stereocenters. The van der Waals surface area contributed by atoms with Gasteiger partial charge in [0.05, 0.1) is 5.92 Å². The van der Waals surface area contributed by atoms with Gasteiger partial charge in [-0.1, -0.05) is 37.3 Å². The Balaban J connectivity index is 1.95. The van der Waals surface area contributed by atoms with Gasteiger partial charge in [-0.3, -0.25) is 9.59 Å². The van der Waals surface area contributed by atoms with Gasteiger partial charge >= 0.3 is 5.97 Å². The minimum absolute atomic E-state index is 0.00982. The number of amides is 1. The molecule has 1 aromatic carbocycles. The van der Waals surface area contributed by atoms with Gasteiger partial charge in [-0.05, 0) is 11.5 Å². The van der Waals surface area contributed by atoms with E-state index in [1.54, 1.807) is 4.90 Å². The largest absolute Gasteiger partial charge is 0.481 e. The number of carboxylic acid groups (broad SMARTS) is 1. The quantitative estimate of drug-likeness (QED) is 0.867. The maximum absolute atomic E-state index is 12.2. The molecule has 1 aromatic rings. The highest BCUT2D eigenvalue weighted by molar-refractivity contribution is 5.79. The average Bonchev–Trinajstić information content (AvgIpc) is 2.82. The van der Waals surface area contributed by atoms with Crippen LogP contribution in [0.25, 0.3) is 0 Å². The third-order valence-electron chi connectivity index (χ3n) is 3.90. The van der Waals surface area contributed by atoms with E-state index in [2.05, 4.69) is 0 Å². The Bertz CT molecular complexity index is 489. The molecule has 1 aliphatic rings. The SMILES string of the molecule is C[C@@H]1CN(C(=O)CC(N)c2ccccc2)C[C@H]1C(=O)O. The predicted molar refractivity (Wildman–Crippen MR) is 74.9 cm³/mol. The number of hydrogen-bond donors (Lipinski definition) is 2. The topological polar surface area (TPSA) is 83.6 Å². The average molecular weight is 276 g/mol. The van der Waals surface area contributed by atoms with Crippen molar-refractivity contribution in [2.45, 2.75) is 19.4 Å². The highest BCUT2D eigenvalue weighted by Gasteiger charge is 2.37. The summed E-state index contributed by atoms with van der Waals surface area (Å²) < 4.78 is 0. The van der Waals surface area contributed by atoms with Gasteiger partial charge in [-0.25, -0.2) is 0 Å². The number of aliphatic carboxylic acids is 1. The van der Waals surface area contributed by atoms with Crippen molar-refractivity contribution in [3.63, 3.8) is 0 Å². The van der Waals surface area contributed by atoms with E-state index in [0.717, 1.165) is 5.56 Å². The normalized spacial score (nSPS) is 23.6. The zero-order valence-electron chi connectivity index (χ0n) is 11.5. The smallest absolute Gasteiger partial charge is 0.308 e. The molecule has 1 saturated heterocycles. The monoisotopic (exact) mass is 276 g/mol. The summed E-state index contributed by atoms with van der Waals surface area (Å²) in [5.41, 5.74) is 6.95. The summed E-state index contributed by atoms with van der Waals surface area (Å²) in [6, 6.07) is 9.12. The molecule has 5 heteroatoms. The third kappa shape index (κ3) is 3.17. The number of benzene rings is 1. The fourth-order valence-corrected chi connectivity index (χ4v) is 2.63. The van der Waals surface area contributed by atoms with E-state index >= 15 is 0 Å². The van der Waals surface area contributed by atoms with E-state index in [1.807, 2.05) is 37.3 Å². The van der Waals surface area contributed by atoms with Crippen LogP contribution >= 0.6 is 0 Å². The molecular weight excluding hydrogens is 256 g/mol. The summed E-state index contributed by atoms with van der Waals surface area (Å²) >= 11 is 0. The Labute approximate surface area is 118 Å². The molecule has 3 N–H and O–H groups in total. The molecule has 3 atom stereocenters. The van der Waals surface area contributed by atoms with Crippen molar-refractivity contribution < 1.29 is 14.7 Å². The lowest BCUT2D eigenvalue weighted by Crippen LogP contribution is -2.32. The van der Waals surface area contributed by atoms with E-state index in [-0.39, 0.29) is 30.8 Å². The molecule has 1 heterocycles. The van der Waals surface area contributed by atoms with E-state index in [4.69, 9.17) is 10.8 Å². The molecule has 0 spiro atoms.